The summed E-state index contributed by atoms with van der Waals surface area (Å²) in [4.78, 5) is 15.1. The molecule has 1 amide bonds. The third kappa shape index (κ3) is 4.52. The van der Waals surface area contributed by atoms with Crippen molar-refractivity contribution in [3.63, 3.8) is 0 Å². The predicted octanol–water partition coefficient (Wildman–Crippen LogP) is 2.29. The molecule has 0 atom stereocenters. The van der Waals surface area contributed by atoms with Gasteiger partial charge in [0.05, 0.1) is 4.90 Å². The molecule has 6 nitrogen and oxygen atoms in total. The van der Waals surface area contributed by atoms with Crippen molar-refractivity contribution in [2.45, 2.75) is 57.4 Å². The van der Waals surface area contributed by atoms with Crippen LogP contribution < -0.4 is 10.0 Å². The topological polar surface area (TPSA) is 78.5 Å². The molecule has 2 fully saturated rings. The number of sulfonamides is 1. The number of hydrogen-bond acceptors (Lipinski definition) is 4. The summed E-state index contributed by atoms with van der Waals surface area (Å²) in [6, 6.07) is 4.81. The van der Waals surface area contributed by atoms with Gasteiger partial charge in [0.15, 0.2) is 0 Å². The molecule has 0 unspecified atom stereocenters. The van der Waals surface area contributed by atoms with Gasteiger partial charge in [0, 0.05) is 30.7 Å². The van der Waals surface area contributed by atoms with Gasteiger partial charge >= 0.3 is 0 Å². The fraction of sp³-hybridized carbons (Fsp3) is 0.650. The second-order valence-electron chi connectivity index (χ2n) is 9.05. The van der Waals surface area contributed by atoms with Crippen LogP contribution in [0.25, 0.3) is 0 Å². The van der Waals surface area contributed by atoms with Crippen LogP contribution >= 0.6 is 0 Å². The number of benzene rings is 1. The van der Waals surface area contributed by atoms with E-state index in [0.717, 1.165) is 44.6 Å². The fourth-order valence-electron chi connectivity index (χ4n) is 4.04. The molecule has 1 aromatic carbocycles. The molecular formula is C20H31N3O3S. The third-order valence-electron chi connectivity index (χ3n) is 5.63. The highest BCUT2D eigenvalue weighted by Crippen LogP contribution is 2.37. The Kier molecular flexibility index (Phi) is 5.40. The standard InChI is InChI=1S/C20H31N3O3S/c1-15-5-6-16(27(25,26)22-19(2,3)4)13-17(15)18(24)23-11-8-20(9-12-23)7-10-21-14-20/h5-6,13,21-22H,7-12,14H2,1-4H3. The van der Waals surface area contributed by atoms with E-state index in [1.54, 1.807) is 32.9 Å². The van der Waals surface area contributed by atoms with Gasteiger partial charge in [-0.05, 0) is 76.6 Å². The molecule has 1 aromatic rings. The molecule has 0 saturated carbocycles. The van der Waals surface area contributed by atoms with Crippen LogP contribution in [0.3, 0.4) is 0 Å². The molecule has 0 bridgehead atoms. The van der Waals surface area contributed by atoms with Crippen molar-refractivity contribution in [2.24, 2.45) is 5.41 Å². The normalized spacial score (nSPS) is 20.2. The highest BCUT2D eigenvalue weighted by atomic mass is 32.2. The van der Waals surface area contributed by atoms with Gasteiger partial charge in [-0.2, -0.15) is 0 Å². The first kappa shape index (κ1) is 20.3. The second-order valence-corrected chi connectivity index (χ2v) is 10.7. The van der Waals surface area contributed by atoms with E-state index < -0.39 is 15.6 Å². The van der Waals surface area contributed by atoms with E-state index >= 15 is 0 Å². The molecule has 7 heteroatoms. The van der Waals surface area contributed by atoms with Crippen LogP contribution in [0.2, 0.25) is 0 Å². The van der Waals surface area contributed by atoms with E-state index in [9.17, 15) is 13.2 Å². The smallest absolute Gasteiger partial charge is 0.254 e. The van der Waals surface area contributed by atoms with E-state index in [0.29, 0.717) is 11.0 Å². The van der Waals surface area contributed by atoms with Gasteiger partial charge in [-0.15, -0.1) is 0 Å². The summed E-state index contributed by atoms with van der Waals surface area (Å²) < 4.78 is 27.9. The number of piperidine rings is 1. The van der Waals surface area contributed by atoms with Crippen LogP contribution in [0.15, 0.2) is 23.1 Å². The molecule has 2 N–H and O–H groups in total. The van der Waals surface area contributed by atoms with Crippen LogP contribution in [0.1, 0.15) is 56.0 Å². The van der Waals surface area contributed by atoms with Crippen LogP contribution in [0.4, 0.5) is 0 Å². The number of amides is 1. The molecule has 2 heterocycles. The number of likely N-dealkylation sites (tertiary alicyclic amines) is 1. The first-order chi connectivity index (χ1) is 12.5. The number of nitrogens with one attached hydrogen (secondary N) is 2. The van der Waals surface area contributed by atoms with E-state index in [-0.39, 0.29) is 10.8 Å². The number of hydrogen-bond donors (Lipinski definition) is 2. The Morgan fingerprint density at radius 2 is 1.85 bits per heavy atom. The highest BCUT2D eigenvalue weighted by molar-refractivity contribution is 7.89. The molecule has 0 radical (unpaired) electrons. The van der Waals surface area contributed by atoms with Gasteiger partial charge in [0.25, 0.3) is 5.91 Å². The molecular weight excluding hydrogens is 362 g/mol. The lowest BCUT2D eigenvalue weighted by Crippen LogP contribution is -2.44. The summed E-state index contributed by atoms with van der Waals surface area (Å²) in [5.74, 6) is -0.0684. The molecule has 0 aliphatic carbocycles. The van der Waals surface area contributed by atoms with E-state index in [1.807, 2.05) is 11.8 Å². The average Bonchev–Trinajstić information content (AvgIpc) is 3.01. The lowest BCUT2D eigenvalue weighted by Gasteiger charge is -2.39. The Morgan fingerprint density at radius 3 is 2.41 bits per heavy atom. The fourth-order valence-corrected chi connectivity index (χ4v) is 5.48. The zero-order valence-corrected chi connectivity index (χ0v) is 17.6. The lowest BCUT2D eigenvalue weighted by molar-refractivity contribution is 0.0606. The van der Waals surface area contributed by atoms with E-state index in [4.69, 9.17) is 0 Å². The van der Waals surface area contributed by atoms with E-state index in [1.165, 1.54) is 12.5 Å². The minimum atomic E-state index is -3.67. The van der Waals surface area contributed by atoms with Crippen molar-refractivity contribution in [3.8, 4) is 0 Å². The summed E-state index contributed by atoms with van der Waals surface area (Å²) >= 11 is 0. The number of aryl methyl sites for hydroxylation is 1. The molecule has 2 aliphatic heterocycles. The highest BCUT2D eigenvalue weighted by Gasteiger charge is 2.38. The minimum Gasteiger partial charge on any atom is -0.339 e. The molecule has 0 aromatic heterocycles. The number of carbonyl (C=O) groups is 1. The average molecular weight is 394 g/mol. The van der Waals surface area contributed by atoms with Crippen LogP contribution in [0, 0.1) is 12.3 Å². The van der Waals surface area contributed by atoms with Gasteiger partial charge < -0.3 is 10.2 Å². The van der Waals surface area contributed by atoms with Crippen molar-refractivity contribution < 1.29 is 13.2 Å². The molecule has 2 aliphatic rings. The van der Waals surface area contributed by atoms with Crippen LogP contribution in [-0.2, 0) is 10.0 Å². The summed E-state index contributed by atoms with van der Waals surface area (Å²) in [7, 11) is -3.67. The predicted molar refractivity (Wildman–Crippen MR) is 106 cm³/mol. The molecule has 150 valence electrons. The Bertz CT molecular complexity index is 811. The SMILES string of the molecule is Cc1ccc(S(=O)(=O)NC(C)(C)C)cc1C(=O)N1CCC2(CCNC2)CC1. The second kappa shape index (κ2) is 7.18. The maximum Gasteiger partial charge on any atom is 0.254 e. The zero-order chi connectivity index (χ0) is 19.9. The van der Waals surface area contributed by atoms with Crippen LogP contribution in [0.5, 0.6) is 0 Å². The summed E-state index contributed by atoms with van der Waals surface area (Å²) in [6.45, 7) is 10.8. The summed E-state index contributed by atoms with van der Waals surface area (Å²) in [5, 5.41) is 3.43. The van der Waals surface area contributed by atoms with Gasteiger partial charge in [-0.25, -0.2) is 13.1 Å². The first-order valence-electron chi connectivity index (χ1n) is 9.66. The largest absolute Gasteiger partial charge is 0.339 e. The van der Waals surface area contributed by atoms with Gasteiger partial charge in [-0.1, -0.05) is 6.07 Å². The van der Waals surface area contributed by atoms with Gasteiger partial charge in [0.2, 0.25) is 10.0 Å². The number of nitrogens with zero attached hydrogens (tertiary/aromatic N) is 1. The van der Waals surface area contributed by atoms with Crippen molar-refractivity contribution in [3.05, 3.63) is 29.3 Å². The van der Waals surface area contributed by atoms with Crippen molar-refractivity contribution in [1.82, 2.24) is 14.9 Å². The number of rotatable bonds is 3. The summed E-state index contributed by atoms with van der Waals surface area (Å²) in [5.41, 5.74) is 1.04. The maximum atomic E-state index is 13.1. The van der Waals surface area contributed by atoms with Gasteiger partial charge in [-0.3, -0.25) is 4.79 Å². The third-order valence-corrected chi connectivity index (χ3v) is 7.39. The zero-order valence-electron chi connectivity index (χ0n) is 16.8. The van der Waals surface area contributed by atoms with Crippen molar-refractivity contribution in [2.75, 3.05) is 26.2 Å². The first-order valence-corrected chi connectivity index (χ1v) is 11.1. The maximum absolute atomic E-state index is 13.1. The van der Waals surface area contributed by atoms with Crippen molar-refractivity contribution >= 4 is 15.9 Å². The molecule has 2 saturated heterocycles. The van der Waals surface area contributed by atoms with E-state index in [2.05, 4.69) is 10.0 Å². The van der Waals surface area contributed by atoms with Crippen molar-refractivity contribution in [1.29, 1.82) is 0 Å². The summed E-state index contributed by atoms with van der Waals surface area (Å²) in [6.07, 6.45) is 3.20. The monoisotopic (exact) mass is 393 g/mol. The molecule has 27 heavy (non-hydrogen) atoms. The molecule has 3 rings (SSSR count). The Morgan fingerprint density at radius 1 is 1.19 bits per heavy atom. The quantitative estimate of drug-likeness (QED) is 0.826. The Hall–Kier alpha value is -1.44. The molecule has 1 spiro atoms. The lowest BCUT2D eigenvalue weighted by atomic mass is 9.77. The van der Waals surface area contributed by atoms with Crippen LogP contribution in [-0.4, -0.2) is 50.9 Å². The number of carbonyl (C=O) groups excluding carboxylic acids is 1. The Labute approximate surface area is 162 Å². The Balaban J connectivity index is 1.79. The van der Waals surface area contributed by atoms with Gasteiger partial charge in [0.1, 0.15) is 0 Å². The minimum absolute atomic E-state index is 0.0684.